The summed E-state index contributed by atoms with van der Waals surface area (Å²) in [6.45, 7) is 2.17. The van der Waals surface area contributed by atoms with Gasteiger partial charge in [-0.05, 0) is 25.3 Å². The SMILES string of the molecule is CCOC(=O)c1c(SC)nn2ccccc12. The van der Waals surface area contributed by atoms with Crippen LogP contribution in [0.2, 0.25) is 0 Å². The van der Waals surface area contributed by atoms with Gasteiger partial charge in [-0.1, -0.05) is 6.07 Å². The molecule has 0 saturated heterocycles. The molecule has 0 aliphatic rings. The number of carbonyl (C=O) groups excluding carboxylic acids is 1. The molecule has 0 fully saturated rings. The third-order valence-electron chi connectivity index (χ3n) is 2.18. The summed E-state index contributed by atoms with van der Waals surface area (Å²) in [7, 11) is 0. The Morgan fingerprint density at radius 2 is 2.38 bits per heavy atom. The molecule has 0 radical (unpaired) electrons. The van der Waals surface area contributed by atoms with E-state index in [9.17, 15) is 4.79 Å². The molecule has 4 nitrogen and oxygen atoms in total. The van der Waals surface area contributed by atoms with E-state index < -0.39 is 0 Å². The normalized spacial score (nSPS) is 10.6. The Morgan fingerprint density at radius 3 is 3.06 bits per heavy atom. The highest BCUT2D eigenvalue weighted by molar-refractivity contribution is 7.98. The Balaban J connectivity index is 2.60. The van der Waals surface area contributed by atoms with Gasteiger partial charge in [-0.25, -0.2) is 9.31 Å². The Morgan fingerprint density at radius 1 is 1.56 bits per heavy atom. The van der Waals surface area contributed by atoms with Crippen LogP contribution in [-0.2, 0) is 4.74 Å². The minimum Gasteiger partial charge on any atom is -0.462 e. The quantitative estimate of drug-likeness (QED) is 0.605. The molecule has 0 spiro atoms. The summed E-state index contributed by atoms with van der Waals surface area (Å²) in [5.41, 5.74) is 1.33. The lowest BCUT2D eigenvalue weighted by Gasteiger charge is -2.00. The first kappa shape index (κ1) is 11.0. The second-order valence-electron chi connectivity index (χ2n) is 3.14. The van der Waals surface area contributed by atoms with E-state index in [-0.39, 0.29) is 5.97 Å². The lowest BCUT2D eigenvalue weighted by molar-refractivity contribution is 0.0524. The molecular weight excluding hydrogens is 224 g/mol. The largest absolute Gasteiger partial charge is 0.462 e. The van der Waals surface area contributed by atoms with Crippen LogP contribution in [0.4, 0.5) is 0 Å². The highest BCUT2D eigenvalue weighted by Gasteiger charge is 2.19. The zero-order valence-corrected chi connectivity index (χ0v) is 9.95. The average molecular weight is 236 g/mol. The molecule has 2 aromatic rings. The predicted octanol–water partition coefficient (Wildman–Crippen LogP) is 2.23. The predicted molar refractivity (Wildman–Crippen MR) is 62.9 cm³/mol. The molecule has 2 heterocycles. The first-order valence-corrected chi connectivity index (χ1v) is 6.19. The van der Waals surface area contributed by atoms with Gasteiger partial charge in [0.25, 0.3) is 0 Å². The van der Waals surface area contributed by atoms with Crippen molar-refractivity contribution in [3.63, 3.8) is 0 Å². The van der Waals surface area contributed by atoms with Crippen LogP contribution in [0.5, 0.6) is 0 Å². The van der Waals surface area contributed by atoms with Crippen molar-refractivity contribution in [1.82, 2.24) is 9.61 Å². The molecule has 2 aromatic heterocycles. The van der Waals surface area contributed by atoms with Gasteiger partial charge in [0.1, 0.15) is 10.6 Å². The van der Waals surface area contributed by atoms with E-state index >= 15 is 0 Å². The van der Waals surface area contributed by atoms with Crippen molar-refractivity contribution >= 4 is 23.2 Å². The number of hydrogen-bond donors (Lipinski definition) is 0. The van der Waals surface area contributed by atoms with Gasteiger partial charge in [0.2, 0.25) is 0 Å². The van der Waals surface area contributed by atoms with E-state index in [0.29, 0.717) is 17.2 Å². The molecule has 2 rings (SSSR count). The van der Waals surface area contributed by atoms with Crippen molar-refractivity contribution in [2.75, 3.05) is 12.9 Å². The third kappa shape index (κ3) is 1.78. The topological polar surface area (TPSA) is 43.6 Å². The van der Waals surface area contributed by atoms with Crippen molar-refractivity contribution in [1.29, 1.82) is 0 Å². The molecule has 0 bridgehead atoms. The molecule has 5 heteroatoms. The highest BCUT2D eigenvalue weighted by atomic mass is 32.2. The van der Waals surface area contributed by atoms with Crippen LogP contribution < -0.4 is 0 Å². The van der Waals surface area contributed by atoms with Gasteiger partial charge in [0.15, 0.2) is 0 Å². The summed E-state index contributed by atoms with van der Waals surface area (Å²) >= 11 is 1.44. The van der Waals surface area contributed by atoms with E-state index in [1.807, 2.05) is 30.7 Å². The van der Waals surface area contributed by atoms with Crippen molar-refractivity contribution in [3.8, 4) is 0 Å². The Kier molecular flexibility index (Phi) is 3.14. The number of aromatic nitrogens is 2. The second kappa shape index (κ2) is 4.57. The van der Waals surface area contributed by atoms with Gasteiger partial charge >= 0.3 is 5.97 Å². The summed E-state index contributed by atoms with van der Waals surface area (Å²) < 4.78 is 6.72. The van der Waals surface area contributed by atoms with Crippen molar-refractivity contribution < 1.29 is 9.53 Å². The number of thioether (sulfide) groups is 1. The van der Waals surface area contributed by atoms with Crippen molar-refractivity contribution in [2.45, 2.75) is 11.9 Å². The van der Waals surface area contributed by atoms with Crippen LogP contribution in [0.1, 0.15) is 17.3 Å². The average Bonchev–Trinajstić information content (AvgIpc) is 2.67. The minimum atomic E-state index is -0.312. The third-order valence-corrected chi connectivity index (χ3v) is 2.85. The molecule has 0 saturated carbocycles. The summed E-state index contributed by atoms with van der Waals surface area (Å²) in [5.74, 6) is -0.312. The number of pyridine rings is 1. The fourth-order valence-electron chi connectivity index (χ4n) is 1.52. The highest BCUT2D eigenvalue weighted by Crippen LogP contribution is 2.24. The Hall–Kier alpha value is -1.49. The summed E-state index contributed by atoms with van der Waals surface area (Å²) in [5, 5.41) is 5.01. The summed E-state index contributed by atoms with van der Waals surface area (Å²) in [4.78, 5) is 11.8. The van der Waals surface area contributed by atoms with Crippen molar-refractivity contribution in [2.24, 2.45) is 0 Å². The molecule has 0 aliphatic carbocycles. The maximum absolute atomic E-state index is 11.8. The fourth-order valence-corrected chi connectivity index (χ4v) is 2.08. The standard InChI is InChI=1S/C11H12N2O2S/c1-3-15-11(14)9-8-6-4-5-7-13(8)12-10(9)16-2/h4-7H,3H2,1-2H3. The summed E-state index contributed by atoms with van der Waals surface area (Å²) in [6, 6.07) is 5.61. The first-order valence-electron chi connectivity index (χ1n) is 4.96. The Labute approximate surface area is 97.6 Å². The van der Waals surface area contributed by atoms with Gasteiger partial charge in [-0.3, -0.25) is 0 Å². The second-order valence-corrected chi connectivity index (χ2v) is 3.93. The number of carbonyl (C=O) groups is 1. The summed E-state index contributed by atoms with van der Waals surface area (Å²) in [6.07, 6.45) is 3.71. The fraction of sp³-hybridized carbons (Fsp3) is 0.273. The molecule has 0 atom stereocenters. The van der Waals surface area contributed by atoms with E-state index in [1.165, 1.54) is 11.8 Å². The van der Waals surface area contributed by atoms with Gasteiger partial charge in [-0.2, -0.15) is 5.10 Å². The van der Waals surface area contributed by atoms with Crippen LogP contribution in [0.15, 0.2) is 29.4 Å². The smallest absolute Gasteiger partial charge is 0.343 e. The van der Waals surface area contributed by atoms with Crippen LogP contribution in [0.3, 0.4) is 0 Å². The Bertz CT molecular complexity index is 522. The lowest BCUT2D eigenvalue weighted by atomic mass is 10.2. The first-order chi connectivity index (χ1) is 7.77. The number of fused-ring (bicyclic) bond motifs is 1. The van der Waals surface area contributed by atoms with Crippen molar-refractivity contribution in [3.05, 3.63) is 30.0 Å². The molecule has 0 amide bonds. The van der Waals surface area contributed by atoms with Crippen LogP contribution in [0.25, 0.3) is 5.52 Å². The number of esters is 1. The van der Waals surface area contributed by atoms with Gasteiger partial charge < -0.3 is 4.74 Å². The maximum Gasteiger partial charge on any atom is 0.343 e. The molecule has 0 aliphatic heterocycles. The molecule has 0 aromatic carbocycles. The molecular formula is C11H12N2O2S. The molecule has 0 N–H and O–H groups in total. The van der Waals surface area contributed by atoms with E-state index in [4.69, 9.17) is 4.74 Å². The van der Waals surface area contributed by atoms with E-state index in [2.05, 4.69) is 5.10 Å². The molecule has 84 valence electrons. The lowest BCUT2D eigenvalue weighted by Crippen LogP contribution is -2.05. The minimum absolute atomic E-state index is 0.312. The van der Waals surface area contributed by atoms with Crippen LogP contribution >= 0.6 is 11.8 Å². The van der Waals surface area contributed by atoms with Gasteiger partial charge in [0.05, 0.1) is 12.1 Å². The molecule has 16 heavy (non-hydrogen) atoms. The molecule has 0 unspecified atom stereocenters. The van der Waals surface area contributed by atoms with Gasteiger partial charge in [-0.15, -0.1) is 11.8 Å². The number of hydrogen-bond acceptors (Lipinski definition) is 4. The zero-order valence-electron chi connectivity index (χ0n) is 9.14. The zero-order chi connectivity index (χ0) is 11.5. The number of ether oxygens (including phenoxy) is 1. The monoisotopic (exact) mass is 236 g/mol. The maximum atomic E-state index is 11.8. The van der Waals surface area contributed by atoms with Crippen LogP contribution in [0, 0.1) is 0 Å². The van der Waals surface area contributed by atoms with E-state index in [0.717, 1.165) is 5.52 Å². The van der Waals surface area contributed by atoms with Crippen LogP contribution in [-0.4, -0.2) is 28.4 Å². The van der Waals surface area contributed by atoms with Gasteiger partial charge in [0, 0.05) is 6.20 Å². The van der Waals surface area contributed by atoms with E-state index in [1.54, 1.807) is 11.4 Å². The number of nitrogens with zero attached hydrogens (tertiary/aromatic N) is 2. The number of rotatable bonds is 3.